The molecule has 1 saturated heterocycles. The zero-order valence-corrected chi connectivity index (χ0v) is 15.8. The fraction of sp³-hybridized carbons (Fsp3) is 0.412. The van der Waals surface area contributed by atoms with Gasteiger partial charge in [-0.3, -0.25) is 14.6 Å². The van der Waals surface area contributed by atoms with E-state index in [4.69, 9.17) is 4.52 Å². The number of nitrogens with zero attached hydrogens (tertiary/aromatic N) is 3. The van der Waals surface area contributed by atoms with E-state index in [0.29, 0.717) is 18.7 Å². The molecule has 2 aromatic heterocycles. The van der Waals surface area contributed by atoms with E-state index >= 15 is 0 Å². The number of rotatable bonds is 5. The summed E-state index contributed by atoms with van der Waals surface area (Å²) in [6, 6.07) is 2.65. The van der Waals surface area contributed by atoms with Crippen molar-refractivity contribution in [2.75, 3.05) is 23.4 Å². The largest absolute Gasteiger partial charge is 0.360 e. The highest BCUT2D eigenvalue weighted by Crippen LogP contribution is 2.20. The van der Waals surface area contributed by atoms with Gasteiger partial charge in [-0.2, -0.15) is 0 Å². The minimum Gasteiger partial charge on any atom is -0.360 e. The highest BCUT2D eigenvalue weighted by molar-refractivity contribution is 7.91. The SMILES string of the molecule is CCN(C(=O)c1cncc(C(=O)Nc2cc(C)on2)c1)C1CCS(=O)(=O)C1. The molecule has 3 heterocycles. The minimum absolute atomic E-state index is 0.0360. The van der Waals surface area contributed by atoms with Crippen LogP contribution < -0.4 is 5.32 Å². The Labute approximate surface area is 156 Å². The molecule has 9 nitrogen and oxygen atoms in total. The van der Waals surface area contributed by atoms with Crippen molar-refractivity contribution in [1.29, 1.82) is 0 Å². The van der Waals surface area contributed by atoms with Crippen molar-refractivity contribution in [3.8, 4) is 0 Å². The number of amides is 2. The van der Waals surface area contributed by atoms with E-state index in [0.717, 1.165) is 0 Å². The van der Waals surface area contributed by atoms with Crippen LogP contribution in [-0.4, -0.2) is 59.4 Å². The van der Waals surface area contributed by atoms with Crippen LogP contribution in [0.1, 0.15) is 39.8 Å². The molecule has 1 unspecified atom stereocenters. The predicted molar refractivity (Wildman–Crippen MR) is 97.2 cm³/mol. The summed E-state index contributed by atoms with van der Waals surface area (Å²) in [5.74, 6) is 0.0410. The molecular formula is C17H20N4O5S. The molecule has 1 aliphatic heterocycles. The fourth-order valence-corrected chi connectivity index (χ4v) is 4.78. The summed E-state index contributed by atoms with van der Waals surface area (Å²) in [7, 11) is -3.11. The maximum Gasteiger partial charge on any atom is 0.258 e. The molecule has 2 aromatic rings. The Morgan fingerprint density at radius 3 is 2.63 bits per heavy atom. The smallest absolute Gasteiger partial charge is 0.258 e. The van der Waals surface area contributed by atoms with E-state index in [1.807, 2.05) is 0 Å². The van der Waals surface area contributed by atoms with E-state index in [1.165, 1.54) is 23.4 Å². The number of nitrogens with one attached hydrogen (secondary N) is 1. The summed E-state index contributed by atoms with van der Waals surface area (Å²) < 4.78 is 28.3. The standard InChI is InChI=1S/C17H20N4O5S/c1-3-21(14-4-5-27(24,25)10-14)17(23)13-7-12(8-18-9-13)16(22)19-15-6-11(2)26-20-15/h6-9,14H,3-5,10H2,1-2H3,(H,19,20,22). The molecule has 0 radical (unpaired) electrons. The van der Waals surface area contributed by atoms with Crippen LogP contribution in [0.15, 0.2) is 29.0 Å². The van der Waals surface area contributed by atoms with Gasteiger partial charge in [0.05, 0.1) is 22.6 Å². The first-order valence-corrected chi connectivity index (χ1v) is 10.3. The fourth-order valence-electron chi connectivity index (χ4n) is 3.05. The summed E-state index contributed by atoms with van der Waals surface area (Å²) in [6.45, 7) is 3.86. The lowest BCUT2D eigenvalue weighted by Crippen LogP contribution is -2.41. The molecule has 1 fully saturated rings. The Kier molecular flexibility index (Phi) is 5.26. The van der Waals surface area contributed by atoms with Crippen LogP contribution in [0.3, 0.4) is 0 Å². The third-order valence-corrected chi connectivity index (χ3v) is 6.12. The first kappa shape index (κ1) is 19.0. The number of anilines is 1. The molecule has 0 aromatic carbocycles. The monoisotopic (exact) mass is 392 g/mol. The number of carbonyl (C=O) groups is 2. The Balaban J connectivity index is 1.77. The normalized spacial score (nSPS) is 18.2. The van der Waals surface area contributed by atoms with Crippen LogP contribution >= 0.6 is 0 Å². The number of hydrogen-bond acceptors (Lipinski definition) is 7. The van der Waals surface area contributed by atoms with E-state index in [-0.39, 0.29) is 40.4 Å². The number of aromatic nitrogens is 2. The van der Waals surface area contributed by atoms with Gasteiger partial charge in [-0.25, -0.2) is 8.42 Å². The predicted octanol–water partition coefficient (Wildman–Crippen LogP) is 1.28. The van der Waals surface area contributed by atoms with Crippen molar-refractivity contribution >= 4 is 27.5 Å². The van der Waals surface area contributed by atoms with Gasteiger partial charge < -0.3 is 14.7 Å². The zero-order valence-electron chi connectivity index (χ0n) is 15.0. The zero-order chi connectivity index (χ0) is 19.6. The third kappa shape index (κ3) is 4.33. The topological polar surface area (TPSA) is 122 Å². The summed E-state index contributed by atoms with van der Waals surface area (Å²) in [4.78, 5) is 30.7. The minimum atomic E-state index is -3.11. The van der Waals surface area contributed by atoms with E-state index in [9.17, 15) is 18.0 Å². The number of sulfone groups is 1. The van der Waals surface area contributed by atoms with Crippen molar-refractivity contribution in [2.24, 2.45) is 0 Å². The van der Waals surface area contributed by atoms with Gasteiger partial charge in [0, 0.05) is 31.0 Å². The van der Waals surface area contributed by atoms with Crippen LogP contribution in [0.5, 0.6) is 0 Å². The van der Waals surface area contributed by atoms with E-state index in [1.54, 1.807) is 19.9 Å². The summed E-state index contributed by atoms with van der Waals surface area (Å²) in [6.07, 6.45) is 3.13. The Morgan fingerprint density at radius 2 is 2.04 bits per heavy atom. The maximum atomic E-state index is 12.8. The average molecular weight is 392 g/mol. The van der Waals surface area contributed by atoms with E-state index < -0.39 is 15.7 Å². The van der Waals surface area contributed by atoms with Crippen LogP contribution in [0, 0.1) is 6.92 Å². The first-order chi connectivity index (χ1) is 12.8. The lowest BCUT2D eigenvalue weighted by molar-refractivity contribution is 0.0708. The quantitative estimate of drug-likeness (QED) is 0.813. The molecule has 1 aliphatic rings. The maximum absolute atomic E-state index is 12.8. The number of aryl methyl sites for hydroxylation is 1. The highest BCUT2D eigenvalue weighted by atomic mass is 32.2. The number of pyridine rings is 1. The van der Waals surface area contributed by atoms with Gasteiger partial charge >= 0.3 is 0 Å². The Bertz CT molecular complexity index is 969. The second kappa shape index (κ2) is 7.47. The molecular weight excluding hydrogens is 372 g/mol. The van der Waals surface area contributed by atoms with Gasteiger partial charge in [0.25, 0.3) is 11.8 Å². The molecule has 0 spiro atoms. The molecule has 144 valence electrons. The second-order valence-corrected chi connectivity index (χ2v) is 8.62. The van der Waals surface area contributed by atoms with Gasteiger partial charge in [-0.15, -0.1) is 0 Å². The lowest BCUT2D eigenvalue weighted by atomic mass is 10.1. The molecule has 1 atom stereocenters. The van der Waals surface area contributed by atoms with Crippen molar-refractivity contribution in [3.63, 3.8) is 0 Å². The molecule has 0 bridgehead atoms. The molecule has 0 saturated carbocycles. The van der Waals surface area contributed by atoms with Crippen LogP contribution in [0.2, 0.25) is 0 Å². The van der Waals surface area contributed by atoms with E-state index in [2.05, 4.69) is 15.5 Å². The molecule has 0 aliphatic carbocycles. The molecule has 27 heavy (non-hydrogen) atoms. The summed E-state index contributed by atoms with van der Waals surface area (Å²) in [5, 5.41) is 6.25. The van der Waals surface area contributed by atoms with Gasteiger partial charge in [0.1, 0.15) is 5.76 Å². The summed E-state index contributed by atoms with van der Waals surface area (Å²) in [5.41, 5.74) is 0.418. The van der Waals surface area contributed by atoms with Crippen LogP contribution in [0.25, 0.3) is 0 Å². The summed E-state index contributed by atoms with van der Waals surface area (Å²) >= 11 is 0. The highest BCUT2D eigenvalue weighted by Gasteiger charge is 2.34. The van der Waals surface area contributed by atoms with Gasteiger partial charge in [0.2, 0.25) is 0 Å². The van der Waals surface area contributed by atoms with Crippen molar-refractivity contribution < 1.29 is 22.5 Å². The van der Waals surface area contributed by atoms with Crippen molar-refractivity contribution in [2.45, 2.75) is 26.3 Å². The van der Waals surface area contributed by atoms with Crippen LogP contribution in [-0.2, 0) is 9.84 Å². The first-order valence-electron chi connectivity index (χ1n) is 8.50. The van der Waals surface area contributed by atoms with Gasteiger partial charge in [0.15, 0.2) is 15.7 Å². The molecule has 3 rings (SSSR count). The Morgan fingerprint density at radius 1 is 1.30 bits per heavy atom. The van der Waals surface area contributed by atoms with Gasteiger partial charge in [-0.1, -0.05) is 5.16 Å². The molecule has 1 N–H and O–H groups in total. The average Bonchev–Trinajstić information content (AvgIpc) is 3.20. The number of carbonyl (C=O) groups excluding carboxylic acids is 2. The molecule has 2 amide bonds. The third-order valence-electron chi connectivity index (χ3n) is 4.37. The lowest BCUT2D eigenvalue weighted by Gasteiger charge is -2.26. The van der Waals surface area contributed by atoms with Crippen molar-refractivity contribution in [3.05, 3.63) is 41.4 Å². The van der Waals surface area contributed by atoms with Gasteiger partial charge in [-0.05, 0) is 26.3 Å². The van der Waals surface area contributed by atoms with Crippen LogP contribution in [0.4, 0.5) is 5.82 Å². The second-order valence-electron chi connectivity index (χ2n) is 6.39. The number of hydrogen-bond donors (Lipinski definition) is 1. The molecule has 10 heteroatoms. The Hall–Kier alpha value is -2.75. The van der Waals surface area contributed by atoms with Crippen molar-refractivity contribution in [1.82, 2.24) is 15.0 Å².